The summed E-state index contributed by atoms with van der Waals surface area (Å²) in [4.78, 5) is 13.8. The van der Waals surface area contributed by atoms with E-state index in [2.05, 4.69) is 5.32 Å². The average Bonchev–Trinajstić information content (AvgIpc) is 2.61. The van der Waals surface area contributed by atoms with Crippen LogP contribution in [0.1, 0.15) is 5.56 Å². The molecule has 5 nitrogen and oxygen atoms in total. The molecule has 0 unspecified atom stereocenters. The van der Waals surface area contributed by atoms with E-state index in [0.29, 0.717) is 19.7 Å². The topological polar surface area (TPSA) is 50.8 Å². The van der Waals surface area contributed by atoms with Crippen molar-refractivity contribution in [3.63, 3.8) is 0 Å². The first-order valence-corrected chi connectivity index (χ1v) is 8.04. The van der Waals surface area contributed by atoms with Gasteiger partial charge in [-0.15, -0.1) is 0 Å². The summed E-state index contributed by atoms with van der Waals surface area (Å²) in [5, 5.41) is 2.86. The molecule has 134 valence electrons. The van der Waals surface area contributed by atoms with Gasteiger partial charge in [0, 0.05) is 18.7 Å². The van der Waals surface area contributed by atoms with Crippen LogP contribution >= 0.6 is 0 Å². The van der Waals surface area contributed by atoms with Gasteiger partial charge in [-0.05, 0) is 25.2 Å². The summed E-state index contributed by atoms with van der Waals surface area (Å²) < 4.78 is 24.1. The van der Waals surface area contributed by atoms with Gasteiger partial charge in [0.25, 0.3) is 0 Å². The van der Waals surface area contributed by atoms with Crippen molar-refractivity contribution in [2.75, 3.05) is 33.9 Å². The molecule has 0 aliphatic rings. The van der Waals surface area contributed by atoms with Gasteiger partial charge in [-0.1, -0.05) is 30.3 Å². The lowest BCUT2D eigenvalue weighted by Crippen LogP contribution is -2.36. The van der Waals surface area contributed by atoms with Gasteiger partial charge in [-0.2, -0.15) is 0 Å². The van der Waals surface area contributed by atoms with E-state index in [1.54, 1.807) is 25.3 Å². The fraction of sp³-hybridized carbons (Fsp3) is 0.316. The standard InChI is InChI=1S/C19H23FN2O3/c1-22(11-12-25-18-10-6-4-8-16(18)20)14-19(23)21-13-15-7-3-5-9-17(15)24-2/h3-10H,11-14H2,1-2H3,(H,21,23). The molecule has 0 aromatic heterocycles. The number of benzene rings is 2. The molecule has 1 N–H and O–H groups in total. The van der Waals surface area contributed by atoms with Crippen LogP contribution in [0.25, 0.3) is 0 Å². The molecule has 0 fully saturated rings. The SMILES string of the molecule is COc1ccccc1CNC(=O)CN(C)CCOc1ccccc1F. The Bertz CT molecular complexity index is 694. The van der Waals surface area contributed by atoms with Crippen LogP contribution in [0, 0.1) is 5.82 Å². The first-order valence-electron chi connectivity index (χ1n) is 8.04. The summed E-state index contributed by atoms with van der Waals surface area (Å²) in [6.07, 6.45) is 0. The van der Waals surface area contributed by atoms with Crippen LogP contribution in [-0.4, -0.2) is 44.7 Å². The van der Waals surface area contributed by atoms with Crippen LogP contribution in [0.3, 0.4) is 0 Å². The van der Waals surface area contributed by atoms with Crippen molar-refractivity contribution >= 4 is 5.91 Å². The second-order valence-electron chi connectivity index (χ2n) is 5.61. The maximum atomic E-state index is 13.4. The zero-order chi connectivity index (χ0) is 18.1. The number of hydrogen-bond acceptors (Lipinski definition) is 4. The number of carbonyl (C=O) groups excluding carboxylic acids is 1. The number of para-hydroxylation sites is 2. The number of halogens is 1. The fourth-order valence-electron chi connectivity index (χ4n) is 2.30. The maximum Gasteiger partial charge on any atom is 0.234 e. The van der Waals surface area contributed by atoms with Gasteiger partial charge >= 0.3 is 0 Å². The second kappa shape index (κ2) is 9.64. The Labute approximate surface area is 147 Å². The van der Waals surface area contributed by atoms with Crippen LogP contribution < -0.4 is 14.8 Å². The molecule has 0 aliphatic carbocycles. The summed E-state index contributed by atoms with van der Waals surface area (Å²) in [6, 6.07) is 13.8. The number of rotatable bonds is 9. The molecule has 2 rings (SSSR count). The largest absolute Gasteiger partial charge is 0.496 e. The van der Waals surface area contributed by atoms with E-state index in [-0.39, 0.29) is 24.0 Å². The van der Waals surface area contributed by atoms with Gasteiger partial charge in [0.15, 0.2) is 11.6 Å². The van der Waals surface area contributed by atoms with Crippen LogP contribution in [0.2, 0.25) is 0 Å². The highest BCUT2D eigenvalue weighted by molar-refractivity contribution is 5.78. The quantitative estimate of drug-likeness (QED) is 0.758. The molecule has 1 amide bonds. The zero-order valence-electron chi connectivity index (χ0n) is 14.5. The number of amides is 1. The minimum absolute atomic E-state index is 0.0979. The normalized spacial score (nSPS) is 10.6. The van der Waals surface area contributed by atoms with E-state index in [1.165, 1.54) is 6.07 Å². The second-order valence-corrected chi connectivity index (χ2v) is 5.61. The van der Waals surface area contributed by atoms with Gasteiger partial charge < -0.3 is 14.8 Å². The summed E-state index contributed by atoms with van der Waals surface area (Å²) in [5.74, 6) is 0.477. The Kier molecular flexibility index (Phi) is 7.22. The number of carbonyl (C=O) groups is 1. The van der Waals surface area contributed by atoms with E-state index in [0.717, 1.165) is 11.3 Å². The Balaban J connectivity index is 1.70. The number of nitrogens with zero attached hydrogens (tertiary/aromatic N) is 1. The van der Waals surface area contributed by atoms with E-state index < -0.39 is 0 Å². The molecular weight excluding hydrogens is 323 g/mol. The molecule has 0 spiro atoms. The average molecular weight is 346 g/mol. The monoisotopic (exact) mass is 346 g/mol. The van der Waals surface area contributed by atoms with Crippen molar-refractivity contribution in [3.05, 3.63) is 59.9 Å². The molecule has 6 heteroatoms. The first kappa shape index (κ1) is 18.7. The highest BCUT2D eigenvalue weighted by Crippen LogP contribution is 2.16. The first-order chi connectivity index (χ1) is 12.1. The molecule has 0 saturated heterocycles. The number of ether oxygens (including phenoxy) is 2. The van der Waals surface area contributed by atoms with Gasteiger partial charge in [-0.3, -0.25) is 9.69 Å². The molecule has 2 aromatic rings. The number of likely N-dealkylation sites (N-methyl/N-ethyl adjacent to an activating group) is 1. The summed E-state index contributed by atoms with van der Waals surface area (Å²) in [5.41, 5.74) is 0.920. The summed E-state index contributed by atoms with van der Waals surface area (Å²) >= 11 is 0. The predicted octanol–water partition coefficient (Wildman–Crippen LogP) is 2.46. The van der Waals surface area contributed by atoms with E-state index >= 15 is 0 Å². The van der Waals surface area contributed by atoms with Crippen molar-refractivity contribution in [2.24, 2.45) is 0 Å². The minimum Gasteiger partial charge on any atom is -0.496 e. The van der Waals surface area contributed by atoms with Crippen LogP contribution in [0.4, 0.5) is 4.39 Å². The van der Waals surface area contributed by atoms with Crippen molar-refractivity contribution < 1.29 is 18.7 Å². The summed E-state index contributed by atoms with van der Waals surface area (Å²) in [7, 11) is 3.41. The molecule has 0 saturated carbocycles. The van der Waals surface area contributed by atoms with Crippen molar-refractivity contribution in [2.45, 2.75) is 6.54 Å². The van der Waals surface area contributed by atoms with E-state index in [4.69, 9.17) is 9.47 Å². The lowest BCUT2D eigenvalue weighted by Gasteiger charge is -2.17. The molecule has 0 heterocycles. The third-order valence-electron chi connectivity index (χ3n) is 3.65. The predicted molar refractivity (Wildman–Crippen MR) is 94.2 cm³/mol. The van der Waals surface area contributed by atoms with Crippen molar-refractivity contribution in [1.29, 1.82) is 0 Å². The molecule has 0 radical (unpaired) electrons. The molecule has 0 aliphatic heterocycles. The third kappa shape index (κ3) is 6.08. The highest BCUT2D eigenvalue weighted by atomic mass is 19.1. The number of hydrogen-bond donors (Lipinski definition) is 1. The molecule has 2 aromatic carbocycles. The van der Waals surface area contributed by atoms with Crippen LogP contribution in [0.15, 0.2) is 48.5 Å². The summed E-state index contributed by atoms with van der Waals surface area (Å²) in [6.45, 7) is 1.45. The lowest BCUT2D eigenvalue weighted by molar-refractivity contribution is -0.122. The Hall–Kier alpha value is -2.60. The van der Waals surface area contributed by atoms with Crippen LogP contribution in [-0.2, 0) is 11.3 Å². The fourth-order valence-corrected chi connectivity index (χ4v) is 2.30. The smallest absolute Gasteiger partial charge is 0.234 e. The minimum atomic E-state index is -0.389. The van der Waals surface area contributed by atoms with Crippen molar-refractivity contribution in [3.8, 4) is 11.5 Å². The molecule has 25 heavy (non-hydrogen) atoms. The lowest BCUT2D eigenvalue weighted by atomic mass is 10.2. The van der Waals surface area contributed by atoms with Gasteiger partial charge in [0.1, 0.15) is 12.4 Å². The Morgan fingerprint density at radius 1 is 1.12 bits per heavy atom. The maximum absolute atomic E-state index is 13.4. The van der Waals surface area contributed by atoms with Gasteiger partial charge in [-0.25, -0.2) is 4.39 Å². The van der Waals surface area contributed by atoms with Gasteiger partial charge in [0.05, 0.1) is 13.7 Å². The van der Waals surface area contributed by atoms with E-state index in [1.807, 2.05) is 36.2 Å². The Morgan fingerprint density at radius 3 is 2.52 bits per heavy atom. The van der Waals surface area contributed by atoms with E-state index in [9.17, 15) is 9.18 Å². The van der Waals surface area contributed by atoms with Crippen molar-refractivity contribution in [1.82, 2.24) is 10.2 Å². The number of methoxy groups -OCH3 is 1. The highest BCUT2D eigenvalue weighted by Gasteiger charge is 2.09. The third-order valence-corrected chi connectivity index (χ3v) is 3.65. The van der Waals surface area contributed by atoms with Crippen LogP contribution in [0.5, 0.6) is 11.5 Å². The van der Waals surface area contributed by atoms with Gasteiger partial charge in [0.2, 0.25) is 5.91 Å². The Morgan fingerprint density at radius 2 is 1.80 bits per heavy atom. The molecular formula is C19H23FN2O3. The molecule has 0 bridgehead atoms. The molecule has 0 atom stereocenters. The zero-order valence-corrected chi connectivity index (χ0v) is 14.5. The number of nitrogens with one attached hydrogen (secondary N) is 1.